The standard InChI is InChI=1S/C11H14N2OS/c1-2-5-13(6-7-14)9-11-4-3-10(8-12)15-11/h2-4,14H,1,5-7,9H2. The Morgan fingerprint density at radius 2 is 2.40 bits per heavy atom. The summed E-state index contributed by atoms with van der Waals surface area (Å²) < 4.78 is 0. The Labute approximate surface area is 93.9 Å². The molecule has 0 saturated carbocycles. The SMILES string of the molecule is C=CCN(CCO)Cc1ccc(C#N)s1. The van der Waals surface area contributed by atoms with Gasteiger partial charge in [-0.15, -0.1) is 17.9 Å². The topological polar surface area (TPSA) is 47.3 Å². The van der Waals surface area contributed by atoms with Crippen LogP contribution in [0, 0.1) is 11.3 Å². The van der Waals surface area contributed by atoms with Crippen LogP contribution in [0.2, 0.25) is 0 Å². The van der Waals surface area contributed by atoms with Crippen molar-refractivity contribution >= 4 is 11.3 Å². The minimum Gasteiger partial charge on any atom is -0.395 e. The minimum atomic E-state index is 0.143. The number of thiophene rings is 1. The molecule has 80 valence electrons. The number of nitriles is 1. The first-order valence-electron chi connectivity index (χ1n) is 4.73. The van der Waals surface area contributed by atoms with Crippen LogP contribution in [0.1, 0.15) is 9.75 Å². The van der Waals surface area contributed by atoms with Crippen molar-refractivity contribution in [2.75, 3.05) is 19.7 Å². The van der Waals surface area contributed by atoms with Gasteiger partial charge in [-0.1, -0.05) is 6.08 Å². The molecule has 0 bridgehead atoms. The normalized spacial score (nSPS) is 10.2. The Kier molecular flexibility index (Phi) is 5.05. The van der Waals surface area contributed by atoms with Crippen molar-refractivity contribution in [3.63, 3.8) is 0 Å². The first kappa shape index (κ1) is 11.9. The molecule has 0 unspecified atom stereocenters. The van der Waals surface area contributed by atoms with E-state index in [2.05, 4.69) is 17.5 Å². The molecular formula is C11H14N2OS. The van der Waals surface area contributed by atoms with Crippen LogP contribution in [0.3, 0.4) is 0 Å². The largest absolute Gasteiger partial charge is 0.395 e. The number of rotatable bonds is 6. The second-order valence-electron chi connectivity index (χ2n) is 3.13. The van der Waals surface area contributed by atoms with Crippen molar-refractivity contribution in [3.05, 3.63) is 34.5 Å². The van der Waals surface area contributed by atoms with Gasteiger partial charge in [0.05, 0.1) is 6.61 Å². The van der Waals surface area contributed by atoms with Crippen LogP contribution in [0.25, 0.3) is 0 Å². The molecule has 0 aliphatic heterocycles. The number of nitrogens with zero attached hydrogens (tertiary/aromatic N) is 2. The summed E-state index contributed by atoms with van der Waals surface area (Å²) >= 11 is 1.49. The van der Waals surface area contributed by atoms with Crippen LogP contribution in [-0.4, -0.2) is 29.7 Å². The summed E-state index contributed by atoms with van der Waals surface area (Å²) in [5, 5.41) is 17.6. The molecule has 1 heterocycles. The van der Waals surface area contributed by atoms with E-state index >= 15 is 0 Å². The van der Waals surface area contributed by atoms with Crippen molar-refractivity contribution in [1.82, 2.24) is 4.90 Å². The van der Waals surface area contributed by atoms with Gasteiger partial charge in [-0.2, -0.15) is 5.26 Å². The smallest absolute Gasteiger partial charge is 0.110 e. The van der Waals surface area contributed by atoms with Crippen LogP contribution < -0.4 is 0 Å². The van der Waals surface area contributed by atoms with E-state index in [9.17, 15) is 0 Å². The van der Waals surface area contributed by atoms with E-state index in [0.29, 0.717) is 6.54 Å². The van der Waals surface area contributed by atoms with Crippen molar-refractivity contribution in [3.8, 4) is 6.07 Å². The highest BCUT2D eigenvalue weighted by molar-refractivity contribution is 7.12. The second kappa shape index (κ2) is 6.36. The van der Waals surface area contributed by atoms with E-state index in [-0.39, 0.29) is 6.61 Å². The number of hydrogen-bond acceptors (Lipinski definition) is 4. The Hall–Kier alpha value is -1.15. The first-order valence-corrected chi connectivity index (χ1v) is 5.54. The number of hydrogen-bond donors (Lipinski definition) is 1. The Bertz CT molecular complexity index is 354. The summed E-state index contributed by atoms with van der Waals surface area (Å²) in [7, 11) is 0. The number of aliphatic hydroxyl groups is 1. The zero-order chi connectivity index (χ0) is 11.1. The molecule has 0 aliphatic carbocycles. The van der Waals surface area contributed by atoms with Gasteiger partial charge in [0, 0.05) is 24.5 Å². The van der Waals surface area contributed by atoms with Gasteiger partial charge in [0.2, 0.25) is 0 Å². The van der Waals surface area contributed by atoms with Gasteiger partial charge in [0.25, 0.3) is 0 Å². The summed E-state index contributed by atoms with van der Waals surface area (Å²) in [5.41, 5.74) is 0. The van der Waals surface area contributed by atoms with Gasteiger partial charge in [-0.05, 0) is 12.1 Å². The van der Waals surface area contributed by atoms with Gasteiger partial charge in [0.1, 0.15) is 10.9 Å². The third-order valence-corrected chi connectivity index (χ3v) is 2.93. The molecule has 0 fully saturated rings. The van der Waals surface area contributed by atoms with Crippen molar-refractivity contribution < 1.29 is 5.11 Å². The third kappa shape index (κ3) is 3.84. The van der Waals surface area contributed by atoms with Crippen LogP contribution in [0.4, 0.5) is 0 Å². The summed E-state index contributed by atoms with van der Waals surface area (Å²) in [4.78, 5) is 3.95. The summed E-state index contributed by atoms with van der Waals surface area (Å²) in [6, 6.07) is 5.89. The molecule has 15 heavy (non-hydrogen) atoms. The summed E-state index contributed by atoms with van der Waals surface area (Å²) in [5.74, 6) is 0. The van der Waals surface area contributed by atoms with Gasteiger partial charge in [0.15, 0.2) is 0 Å². The average molecular weight is 222 g/mol. The molecule has 1 rings (SSSR count). The first-order chi connectivity index (χ1) is 7.30. The van der Waals surface area contributed by atoms with E-state index in [1.165, 1.54) is 11.3 Å². The summed E-state index contributed by atoms with van der Waals surface area (Å²) in [6.07, 6.45) is 1.81. The lowest BCUT2D eigenvalue weighted by Crippen LogP contribution is -2.26. The third-order valence-electron chi connectivity index (χ3n) is 1.95. The lowest BCUT2D eigenvalue weighted by Gasteiger charge is -2.17. The lowest BCUT2D eigenvalue weighted by molar-refractivity contribution is 0.204. The van der Waals surface area contributed by atoms with Gasteiger partial charge in [-0.3, -0.25) is 4.90 Å². The molecule has 0 aliphatic rings. The fraction of sp³-hybridized carbons (Fsp3) is 0.364. The van der Waals surface area contributed by atoms with E-state index < -0.39 is 0 Å². The lowest BCUT2D eigenvalue weighted by atomic mass is 10.4. The molecule has 0 aromatic carbocycles. The van der Waals surface area contributed by atoms with Crippen LogP contribution in [0.5, 0.6) is 0 Å². The van der Waals surface area contributed by atoms with E-state index in [1.54, 1.807) is 0 Å². The molecule has 1 aromatic heterocycles. The molecule has 0 radical (unpaired) electrons. The van der Waals surface area contributed by atoms with Gasteiger partial charge in [-0.25, -0.2) is 0 Å². The zero-order valence-electron chi connectivity index (χ0n) is 8.52. The Morgan fingerprint density at radius 1 is 1.60 bits per heavy atom. The predicted octanol–water partition coefficient (Wildman–Crippen LogP) is 1.60. The quantitative estimate of drug-likeness (QED) is 0.744. The Balaban J connectivity index is 2.57. The van der Waals surface area contributed by atoms with Crippen molar-refractivity contribution in [2.24, 2.45) is 0 Å². The molecule has 1 N–H and O–H groups in total. The van der Waals surface area contributed by atoms with E-state index in [1.807, 2.05) is 18.2 Å². The molecule has 3 nitrogen and oxygen atoms in total. The van der Waals surface area contributed by atoms with E-state index in [0.717, 1.165) is 22.8 Å². The predicted molar refractivity (Wildman–Crippen MR) is 61.6 cm³/mol. The second-order valence-corrected chi connectivity index (χ2v) is 4.29. The molecular weight excluding hydrogens is 208 g/mol. The highest BCUT2D eigenvalue weighted by Crippen LogP contribution is 2.17. The maximum absolute atomic E-state index is 8.87. The molecule has 0 atom stereocenters. The van der Waals surface area contributed by atoms with Crippen molar-refractivity contribution in [2.45, 2.75) is 6.54 Å². The van der Waals surface area contributed by atoms with Crippen LogP contribution in [-0.2, 0) is 6.54 Å². The zero-order valence-corrected chi connectivity index (χ0v) is 9.33. The monoisotopic (exact) mass is 222 g/mol. The fourth-order valence-corrected chi connectivity index (χ4v) is 2.15. The number of aliphatic hydroxyl groups excluding tert-OH is 1. The van der Waals surface area contributed by atoms with E-state index in [4.69, 9.17) is 10.4 Å². The maximum atomic E-state index is 8.87. The van der Waals surface area contributed by atoms with Crippen molar-refractivity contribution in [1.29, 1.82) is 5.26 Å². The van der Waals surface area contributed by atoms with Gasteiger partial charge >= 0.3 is 0 Å². The van der Waals surface area contributed by atoms with Gasteiger partial charge < -0.3 is 5.11 Å². The highest BCUT2D eigenvalue weighted by atomic mass is 32.1. The molecule has 0 saturated heterocycles. The maximum Gasteiger partial charge on any atom is 0.110 e. The molecule has 0 spiro atoms. The fourth-order valence-electron chi connectivity index (χ4n) is 1.30. The Morgan fingerprint density at radius 3 is 2.93 bits per heavy atom. The average Bonchev–Trinajstić information content (AvgIpc) is 2.66. The minimum absolute atomic E-state index is 0.143. The molecule has 0 amide bonds. The van der Waals surface area contributed by atoms with Crippen LogP contribution >= 0.6 is 11.3 Å². The molecule has 4 heteroatoms. The highest BCUT2D eigenvalue weighted by Gasteiger charge is 2.05. The van der Waals surface area contributed by atoms with Crippen LogP contribution in [0.15, 0.2) is 24.8 Å². The summed E-state index contributed by atoms with van der Waals surface area (Å²) in [6.45, 7) is 5.96. The molecule has 1 aromatic rings.